The van der Waals surface area contributed by atoms with E-state index in [-0.39, 0.29) is 13.0 Å². The van der Waals surface area contributed by atoms with E-state index in [1.165, 1.54) is 11.7 Å². The Morgan fingerprint density at radius 2 is 2.04 bits per heavy atom. The van der Waals surface area contributed by atoms with Gasteiger partial charge in [-0.1, -0.05) is 13.3 Å². The second-order valence-electron chi connectivity index (χ2n) is 5.87. The number of aromatic nitrogens is 2. The maximum Gasteiger partial charge on any atom is 0.348 e. The lowest BCUT2D eigenvalue weighted by atomic mass is 10.0. The quantitative estimate of drug-likeness (QED) is 0.788. The Bertz CT molecular complexity index is 842. The average Bonchev–Trinajstić information content (AvgIpc) is 2.58. The highest BCUT2D eigenvalue weighted by atomic mass is 16.5. The van der Waals surface area contributed by atoms with Gasteiger partial charge >= 0.3 is 11.7 Å². The van der Waals surface area contributed by atoms with Crippen molar-refractivity contribution in [1.29, 1.82) is 0 Å². The number of aryl methyl sites for hydroxylation is 3. The lowest BCUT2D eigenvalue weighted by Gasteiger charge is -2.18. The van der Waals surface area contributed by atoms with Crippen molar-refractivity contribution in [2.24, 2.45) is 0 Å². The minimum atomic E-state index is -0.965. The van der Waals surface area contributed by atoms with Crippen LogP contribution in [0.15, 0.2) is 10.9 Å². The van der Waals surface area contributed by atoms with E-state index < -0.39 is 11.7 Å². The second kappa shape index (κ2) is 8.00. The van der Waals surface area contributed by atoms with Crippen LogP contribution in [0.3, 0.4) is 0 Å². The first kappa shape index (κ1) is 18.8. The lowest BCUT2D eigenvalue weighted by Crippen LogP contribution is -2.26. The fourth-order valence-electron chi connectivity index (χ4n) is 3.02. The highest BCUT2D eigenvalue weighted by Gasteiger charge is 2.19. The predicted molar refractivity (Wildman–Crippen MR) is 94.7 cm³/mol. The lowest BCUT2D eigenvalue weighted by molar-refractivity contribution is -0.137. The van der Waals surface area contributed by atoms with Crippen molar-refractivity contribution in [2.45, 2.75) is 46.1 Å². The van der Waals surface area contributed by atoms with E-state index in [1.807, 2.05) is 6.92 Å². The summed E-state index contributed by atoms with van der Waals surface area (Å²) in [5.74, 6) is 0.133. The Morgan fingerprint density at radius 3 is 2.60 bits per heavy atom. The van der Waals surface area contributed by atoms with Crippen LogP contribution in [0.25, 0.3) is 10.9 Å². The number of aliphatic carboxylic acids is 1. The topological polar surface area (TPSA) is 90.7 Å². The fraction of sp³-hybridized carbons (Fsp3) is 0.500. The Labute approximate surface area is 146 Å². The predicted octanol–water partition coefficient (Wildman–Crippen LogP) is 2.54. The highest BCUT2D eigenvalue weighted by Crippen LogP contribution is 2.37. The Balaban J connectivity index is 2.81. The molecule has 7 heteroatoms. The molecule has 0 aliphatic heterocycles. The summed E-state index contributed by atoms with van der Waals surface area (Å²) in [6.07, 6.45) is 2.42. The molecule has 2 aromatic rings. The van der Waals surface area contributed by atoms with Gasteiger partial charge in [0.1, 0.15) is 0 Å². The average molecular weight is 348 g/mol. The first-order chi connectivity index (χ1) is 11.9. The molecule has 0 bridgehead atoms. The first-order valence-corrected chi connectivity index (χ1v) is 8.31. The number of carboxylic acids is 1. The number of nitrogens with zero attached hydrogens (tertiary/aromatic N) is 2. The third-order valence-corrected chi connectivity index (χ3v) is 4.24. The van der Waals surface area contributed by atoms with Crippen molar-refractivity contribution in [3.8, 4) is 11.5 Å². The van der Waals surface area contributed by atoms with Gasteiger partial charge in [0.05, 0.1) is 31.9 Å². The van der Waals surface area contributed by atoms with E-state index in [9.17, 15) is 9.59 Å². The maximum atomic E-state index is 12.5. The smallest absolute Gasteiger partial charge is 0.348 e. The van der Waals surface area contributed by atoms with Crippen LogP contribution >= 0.6 is 0 Å². The molecule has 2 rings (SSSR count). The summed E-state index contributed by atoms with van der Waals surface area (Å²) in [5, 5.41) is 9.80. The summed E-state index contributed by atoms with van der Waals surface area (Å²) in [6, 6.07) is 1.72. The standard InChI is InChI=1S/C18H24N2O5/c1-5-6-7-12-16-11(2)17(25-4)14(24-3)10-13(16)20(18(23)19-12)9-8-15(21)22/h10H,5-9H2,1-4H3,(H,21,22). The minimum absolute atomic E-state index is 0.0562. The Hall–Kier alpha value is -2.57. The Morgan fingerprint density at radius 1 is 1.32 bits per heavy atom. The molecule has 7 nitrogen and oxygen atoms in total. The molecule has 0 aliphatic rings. The zero-order valence-electron chi connectivity index (χ0n) is 15.1. The molecule has 0 unspecified atom stereocenters. The minimum Gasteiger partial charge on any atom is -0.493 e. The van der Waals surface area contributed by atoms with Crippen molar-refractivity contribution < 1.29 is 19.4 Å². The molecule has 0 spiro atoms. The van der Waals surface area contributed by atoms with Gasteiger partial charge in [-0.05, 0) is 19.8 Å². The van der Waals surface area contributed by atoms with E-state index in [4.69, 9.17) is 14.6 Å². The van der Waals surface area contributed by atoms with Crippen LogP contribution in [-0.2, 0) is 17.8 Å². The van der Waals surface area contributed by atoms with E-state index >= 15 is 0 Å². The van der Waals surface area contributed by atoms with Crippen LogP contribution in [0, 0.1) is 6.92 Å². The maximum absolute atomic E-state index is 12.5. The molecule has 0 atom stereocenters. The molecule has 0 aliphatic carbocycles. The molecule has 0 saturated carbocycles. The Kier molecular flexibility index (Phi) is 6.01. The van der Waals surface area contributed by atoms with Crippen LogP contribution in [0.5, 0.6) is 11.5 Å². The number of fused-ring (bicyclic) bond motifs is 1. The van der Waals surface area contributed by atoms with Crippen LogP contribution in [0.1, 0.15) is 37.4 Å². The van der Waals surface area contributed by atoms with Gasteiger partial charge < -0.3 is 14.6 Å². The second-order valence-corrected chi connectivity index (χ2v) is 5.87. The number of hydrogen-bond donors (Lipinski definition) is 1. The molecule has 136 valence electrons. The van der Waals surface area contributed by atoms with Crippen molar-refractivity contribution in [1.82, 2.24) is 9.55 Å². The first-order valence-electron chi connectivity index (χ1n) is 8.31. The van der Waals surface area contributed by atoms with E-state index in [0.29, 0.717) is 29.1 Å². The monoisotopic (exact) mass is 348 g/mol. The van der Waals surface area contributed by atoms with Gasteiger partial charge in [-0.15, -0.1) is 0 Å². The molecule has 25 heavy (non-hydrogen) atoms. The normalized spacial score (nSPS) is 10.9. The number of unbranched alkanes of at least 4 members (excludes halogenated alkanes) is 1. The molecule has 1 N–H and O–H groups in total. The highest BCUT2D eigenvalue weighted by molar-refractivity contribution is 5.89. The third-order valence-electron chi connectivity index (χ3n) is 4.24. The number of carbonyl (C=O) groups is 1. The van der Waals surface area contributed by atoms with E-state index in [0.717, 1.165) is 23.8 Å². The molecule has 0 amide bonds. The molecule has 1 aromatic carbocycles. The van der Waals surface area contributed by atoms with Gasteiger partial charge in [0, 0.05) is 23.6 Å². The summed E-state index contributed by atoms with van der Waals surface area (Å²) in [4.78, 5) is 27.6. The zero-order chi connectivity index (χ0) is 18.6. The molecule has 1 heterocycles. The van der Waals surface area contributed by atoms with Gasteiger partial charge in [0.2, 0.25) is 0 Å². The number of rotatable bonds is 8. The van der Waals surface area contributed by atoms with Crippen molar-refractivity contribution >= 4 is 16.9 Å². The molecule has 0 radical (unpaired) electrons. The molecular weight excluding hydrogens is 324 g/mol. The largest absolute Gasteiger partial charge is 0.493 e. The van der Waals surface area contributed by atoms with Gasteiger partial charge in [0.25, 0.3) is 0 Å². The number of methoxy groups -OCH3 is 2. The summed E-state index contributed by atoms with van der Waals surface area (Å²) in [7, 11) is 3.10. The van der Waals surface area contributed by atoms with Gasteiger partial charge in [-0.2, -0.15) is 4.98 Å². The summed E-state index contributed by atoms with van der Waals surface area (Å²) in [6.45, 7) is 4.03. The van der Waals surface area contributed by atoms with Gasteiger partial charge in [-0.3, -0.25) is 9.36 Å². The van der Waals surface area contributed by atoms with E-state index in [2.05, 4.69) is 11.9 Å². The van der Waals surface area contributed by atoms with Crippen LogP contribution < -0.4 is 15.2 Å². The number of hydrogen-bond acceptors (Lipinski definition) is 5. The van der Waals surface area contributed by atoms with Crippen LogP contribution in [-0.4, -0.2) is 34.8 Å². The van der Waals surface area contributed by atoms with Crippen molar-refractivity contribution in [2.75, 3.05) is 14.2 Å². The summed E-state index contributed by atoms with van der Waals surface area (Å²) < 4.78 is 12.3. The molecular formula is C18H24N2O5. The van der Waals surface area contributed by atoms with E-state index in [1.54, 1.807) is 13.2 Å². The van der Waals surface area contributed by atoms with Crippen molar-refractivity contribution in [3.63, 3.8) is 0 Å². The SMILES string of the molecule is CCCCc1nc(=O)n(CCC(=O)O)c2cc(OC)c(OC)c(C)c12. The molecule has 0 saturated heterocycles. The van der Waals surface area contributed by atoms with Gasteiger partial charge in [-0.25, -0.2) is 4.79 Å². The number of ether oxygens (including phenoxy) is 2. The molecule has 0 fully saturated rings. The third kappa shape index (κ3) is 3.75. The number of benzene rings is 1. The van der Waals surface area contributed by atoms with Crippen LogP contribution in [0.2, 0.25) is 0 Å². The zero-order valence-corrected chi connectivity index (χ0v) is 15.1. The van der Waals surface area contributed by atoms with Crippen LogP contribution in [0.4, 0.5) is 0 Å². The van der Waals surface area contributed by atoms with Crippen molar-refractivity contribution in [3.05, 3.63) is 27.8 Å². The summed E-state index contributed by atoms with van der Waals surface area (Å²) >= 11 is 0. The fourth-order valence-corrected chi connectivity index (χ4v) is 3.02. The summed E-state index contributed by atoms with van der Waals surface area (Å²) in [5.41, 5.74) is 1.74. The van der Waals surface area contributed by atoms with Gasteiger partial charge in [0.15, 0.2) is 11.5 Å². The number of carboxylic acid groups (broad SMARTS) is 1. The molecule has 1 aromatic heterocycles.